The second-order valence-electron chi connectivity index (χ2n) is 7.00. The van der Waals surface area contributed by atoms with Crippen LogP contribution < -0.4 is 11.0 Å². The first-order chi connectivity index (χ1) is 10.9. The molecule has 0 aliphatic heterocycles. The van der Waals surface area contributed by atoms with Crippen LogP contribution in [0.5, 0.6) is 0 Å². The number of amides is 1. The van der Waals surface area contributed by atoms with Crippen LogP contribution in [-0.4, -0.2) is 15.0 Å². The van der Waals surface area contributed by atoms with Crippen LogP contribution >= 0.6 is 0 Å². The van der Waals surface area contributed by atoms with E-state index in [1.807, 2.05) is 19.1 Å². The van der Waals surface area contributed by atoms with Gasteiger partial charge in [0.1, 0.15) is 0 Å². The maximum absolute atomic E-state index is 12.5. The Morgan fingerprint density at radius 1 is 1.09 bits per heavy atom. The highest BCUT2D eigenvalue weighted by Gasteiger charge is 2.24. The van der Waals surface area contributed by atoms with Crippen molar-refractivity contribution in [3.8, 4) is 0 Å². The van der Waals surface area contributed by atoms with Crippen molar-refractivity contribution in [1.29, 1.82) is 0 Å². The van der Waals surface area contributed by atoms with Crippen molar-refractivity contribution in [3.63, 3.8) is 0 Å². The summed E-state index contributed by atoms with van der Waals surface area (Å²) in [5.74, 6) is 0.956. The van der Waals surface area contributed by atoms with Crippen LogP contribution in [0.3, 0.4) is 0 Å². The zero-order chi connectivity index (χ0) is 16.7. The lowest BCUT2D eigenvalue weighted by Crippen LogP contribution is -2.26. The third-order valence-corrected chi connectivity index (χ3v) is 5.26. The van der Waals surface area contributed by atoms with E-state index in [-0.39, 0.29) is 17.5 Å². The molecule has 5 nitrogen and oxygen atoms in total. The van der Waals surface area contributed by atoms with Crippen molar-refractivity contribution in [2.75, 3.05) is 5.32 Å². The zero-order valence-corrected chi connectivity index (χ0v) is 14.3. The van der Waals surface area contributed by atoms with Gasteiger partial charge in [-0.05, 0) is 56.2 Å². The number of carbonyl (C=O) groups excluding carboxylic acids is 1. The Labute approximate surface area is 136 Å². The molecule has 0 saturated heterocycles. The van der Waals surface area contributed by atoms with Gasteiger partial charge in [0.2, 0.25) is 5.91 Å². The lowest BCUT2D eigenvalue weighted by molar-refractivity contribution is -0.121. The third kappa shape index (κ3) is 2.80. The highest BCUT2D eigenvalue weighted by Crippen LogP contribution is 2.30. The topological polar surface area (TPSA) is 56.0 Å². The Morgan fingerprint density at radius 3 is 2.26 bits per heavy atom. The van der Waals surface area contributed by atoms with Crippen molar-refractivity contribution in [2.45, 2.75) is 39.5 Å². The van der Waals surface area contributed by atoms with E-state index >= 15 is 0 Å². The molecule has 0 radical (unpaired) electrons. The van der Waals surface area contributed by atoms with Crippen molar-refractivity contribution in [1.82, 2.24) is 9.13 Å². The number of rotatable bonds is 2. The molecule has 0 atom stereocenters. The van der Waals surface area contributed by atoms with E-state index < -0.39 is 0 Å². The maximum Gasteiger partial charge on any atom is 0.328 e. The SMILES string of the molecule is Cc1cc2c(cc1NC(=O)C1CCC(C)CC1)n(C)c(=O)n2C. The predicted octanol–water partition coefficient (Wildman–Crippen LogP) is 2.95. The van der Waals surface area contributed by atoms with Gasteiger partial charge in [0.15, 0.2) is 0 Å². The highest BCUT2D eigenvalue weighted by molar-refractivity contribution is 5.95. The van der Waals surface area contributed by atoms with Gasteiger partial charge in [-0.25, -0.2) is 4.79 Å². The highest BCUT2D eigenvalue weighted by atomic mass is 16.2. The molecule has 1 N–H and O–H groups in total. The van der Waals surface area contributed by atoms with Crippen LogP contribution in [0, 0.1) is 18.8 Å². The number of nitrogens with zero attached hydrogens (tertiary/aromatic N) is 2. The summed E-state index contributed by atoms with van der Waals surface area (Å²) in [6.07, 6.45) is 4.20. The van der Waals surface area contributed by atoms with Crippen molar-refractivity contribution >= 4 is 22.6 Å². The van der Waals surface area contributed by atoms with E-state index in [0.29, 0.717) is 0 Å². The van der Waals surface area contributed by atoms with Crippen LogP contribution in [0.15, 0.2) is 16.9 Å². The number of aromatic nitrogens is 2. The molecule has 1 aliphatic rings. The molecule has 1 saturated carbocycles. The molecule has 1 aromatic heterocycles. The van der Waals surface area contributed by atoms with E-state index in [9.17, 15) is 9.59 Å². The van der Waals surface area contributed by atoms with Crippen LogP contribution in [0.25, 0.3) is 11.0 Å². The number of fused-ring (bicyclic) bond motifs is 1. The fourth-order valence-electron chi connectivity index (χ4n) is 3.54. The molecule has 3 rings (SSSR count). The number of imidazole rings is 1. The number of hydrogen-bond donors (Lipinski definition) is 1. The fourth-order valence-corrected chi connectivity index (χ4v) is 3.54. The normalized spacial score (nSPS) is 21.6. The summed E-state index contributed by atoms with van der Waals surface area (Å²) in [6, 6.07) is 3.88. The molecule has 124 valence electrons. The number of hydrogen-bond acceptors (Lipinski definition) is 2. The van der Waals surface area contributed by atoms with Gasteiger partial charge in [-0.1, -0.05) is 6.92 Å². The van der Waals surface area contributed by atoms with Gasteiger partial charge in [-0.3, -0.25) is 13.9 Å². The van der Waals surface area contributed by atoms with Crippen LogP contribution in [0.2, 0.25) is 0 Å². The molecular formula is C18H25N3O2. The van der Waals surface area contributed by atoms with Gasteiger partial charge in [0, 0.05) is 25.7 Å². The van der Waals surface area contributed by atoms with Crippen LogP contribution in [0.4, 0.5) is 5.69 Å². The molecule has 1 fully saturated rings. The molecule has 2 aromatic rings. The summed E-state index contributed by atoms with van der Waals surface area (Å²) < 4.78 is 3.25. The quantitative estimate of drug-likeness (QED) is 0.926. The van der Waals surface area contributed by atoms with Crippen LogP contribution in [-0.2, 0) is 18.9 Å². The summed E-state index contributed by atoms with van der Waals surface area (Å²) in [7, 11) is 3.53. The number of nitrogens with one attached hydrogen (secondary N) is 1. The Hall–Kier alpha value is -2.04. The number of anilines is 1. The molecule has 0 unspecified atom stereocenters. The van der Waals surface area contributed by atoms with E-state index in [4.69, 9.17) is 0 Å². The fraction of sp³-hybridized carbons (Fsp3) is 0.556. The Balaban J connectivity index is 1.88. The minimum atomic E-state index is -0.0517. The van der Waals surface area contributed by atoms with E-state index in [1.54, 1.807) is 23.2 Å². The smallest absolute Gasteiger partial charge is 0.326 e. The minimum Gasteiger partial charge on any atom is -0.326 e. The van der Waals surface area contributed by atoms with Crippen molar-refractivity contribution in [3.05, 3.63) is 28.2 Å². The largest absolute Gasteiger partial charge is 0.328 e. The minimum absolute atomic E-state index is 0.0517. The van der Waals surface area contributed by atoms with Crippen molar-refractivity contribution in [2.24, 2.45) is 25.9 Å². The second kappa shape index (κ2) is 5.87. The molecule has 1 aliphatic carbocycles. The summed E-state index contributed by atoms with van der Waals surface area (Å²) >= 11 is 0. The van der Waals surface area contributed by atoms with E-state index in [1.165, 1.54) is 0 Å². The lowest BCUT2D eigenvalue weighted by Gasteiger charge is -2.25. The number of benzene rings is 1. The average Bonchev–Trinajstić information content (AvgIpc) is 2.73. The molecule has 1 heterocycles. The monoisotopic (exact) mass is 315 g/mol. The first kappa shape index (κ1) is 15.8. The molecule has 5 heteroatoms. The van der Waals surface area contributed by atoms with Crippen molar-refractivity contribution < 1.29 is 4.79 Å². The Kier molecular flexibility index (Phi) is 4.04. The van der Waals surface area contributed by atoms with Gasteiger partial charge in [0.25, 0.3) is 0 Å². The van der Waals surface area contributed by atoms with Gasteiger partial charge in [-0.15, -0.1) is 0 Å². The second-order valence-corrected chi connectivity index (χ2v) is 7.00. The first-order valence-corrected chi connectivity index (χ1v) is 8.35. The van der Waals surface area contributed by atoms with Crippen LogP contribution in [0.1, 0.15) is 38.2 Å². The summed E-state index contributed by atoms with van der Waals surface area (Å²) in [6.45, 7) is 4.22. The van der Waals surface area contributed by atoms with Gasteiger partial charge in [-0.2, -0.15) is 0 Å². The van der Waals surface area contributed by atoms with Gasteiger partial charge in [0.05, 0.1) is 11.0 Å². The lowest BCUT2D eigenvalue weighted by atomic mass is 9.82. The standard InChI is InChI=1S/C18H25N3O2/c1-11-5-7-13(8-6-11)17(22)19-14-10-16-15(9-12(14)2)20(3)18(23)21(16)4/h9-11,13H,5-8H2,1-4H3,(H,19,22). The summed E-state index contributed by atoms with van der Waals surface area (Å²) in [5, 5.41) is 3.08. The Bertz CT molecular complexity index is 808. The number of carbonyl (C=O) groups is 1. The van der Waals surface area contributed by atoms with Gasteiger partial charge >= 0.3 is 5.69 Å². The van der Waals surface area contributed by atoms with Gasteiger partial charge < -0.3 is 5.32 Å². The number of aryl methyl sites for hydroxylation is 3. The third-order valence-electron chi connectivity index (χ3n) is 5.26. The molecule has 0 bridgehead atoms. The zero-order valence-electron chi connectivity index (χ0n) is 14.3. The molecular weight excluding hydrogens is 290 g/mol. The molecule has 1 aromatic carbocycles. The van der Waals surface area contributed by atoms with E-state index in [2.05, 4.69) is 12.2 Å². The molecule has 0 spiro atoms. The summed E-state index contributed by atoms with van der Waals surface area (Å²) in [5.41, 5.74) is 3.47. The predicted molar refractivity (Wildman–Crippen MR) is 92.6 cm³/mol. The molecule has 1 amide bonds. The Morgan fingerprint density at radius 2 is 1.65 bits per heavy atom. The van der Waals surface area contributed by atoms with E-state index in [0.717, 1.165) is 53.9 Å². The average molecular weight is 315 g/mol. The molecule has 23 heavy (non-hydrogen) atoms. The first-order valence-electron chi connectivity index (χ1n) is 8.35. The maximum atomic E-state index is 12.5. The summed E-state index contributed by atoms with van der Waals surface area (Å²) in [4.78, 5) is 24.6.